The van der Waals surface area contributed by atoms with Gasteiger partial charge in [-0.2, -0.15) is 18.2 Å². The molecule has 3 rings (SSSR count). The van der Waals surface area contributed by atoms with Gasteiger partial charge < -0.3 is 16.6 Å². The molecule has 0 amide bonds. The van der Waals surface area contributed by atoms with Gasteiger partial charge >= 0.3 is 12.1 Å². The second kappa shape index (κ2) is 6.19. The molecule has 26 heavy (non-hydrogen) atoms. The molecule has 0 aromatic heterocycles. The highest BCUT2D eigenvalue weighted by Crippen LogP contribution is 2.43. The van der Waals surface area contributed by atoms with Gasteiger partial charge in [-0.15, -0.1) is 0 Å². The fourth-order valence-electron chi connectivity index (χ4n) is 3.66. The molecule has 1 saturated carbocycles. The molecular formula is C16H18F3N5O2. The lowest BCUT2D eigenvalue weighted by molar-refractivity contribution is -0.138. The van der Waals surface area contributed by atoms with E-state index in [1.807, 2.05) is 0 Å². The van der Waals surface area contributed by atoms with Crippen LogP contribution in [0.2, 0.25) is 0 Å². The van der Waals surface area contributed by atoms with E-state index in [0.717, 1.165) is 31.4 Å². The molecule has 140 valence electrons. The summed E-state index contributed by atoms with van der Waals surface area (Å²) in [6.45, 7) is 0. The van der Waals surface area contributed by atoms with Crippen LogP contribution < -0.4 is 16.4 Å². The number of carboxylic acid groups (broad SMARTS) is 1. The molecular weight excluding hydrogens is 351 g/mol. The number of benzene rings is 1. The van der Waals surface area contributed by atoms with Gasteiger partial charge in [0.2, 0.25) is 11.9 Å². The van der Waals surface area contributed by atoms with Crippen molar-refractivity contribution in [1.29, 1.82) is 0 Å². The Bertz CT molecular complexity index is 798. The van der Waals surface area contributed by atoms with Gasteiger partial charge in [-0.05, 0) is 37.8 Å². The predicted molar refractivity (Wildman–Crippen MR) is 89.9 cm³/mol. The summed E-state index contributed by atoms with van der Waals surface area (Å²) >= 11 is 0. The maximum atomic E-state index is 13.4. The lowest BCUT2D eigenvalue weighted by atomic mass is 9.86. The fourth-order valence-corrected chi connectivity index (χ4v) is 3.66. The predicted octanol–water partition coefficient (Wildman–Crippen LogP) is 2.51. The molecule has 1 aliphatic carbocycles. The van der Waals surface area contributed by atoms with Crippen LogP contribution in [0.15, 0.2) is 28.2 Å². The summed E-state index contributed by atoms with van der Waals surface area (Å²) in [4.78, 5) is 21.2. The summed E-state index contributed by atoms with van der Waals surface area (Å²) in [5.41, 5.74) is 8.37. The SMILES string of the molecule is NC1=NC2(CCCCC2)N(c2cccc(C(F)(F)F)c2C(=O)O)C(N)=N1. The first-order chi connectivity index (χ1) is 12.2. The monoisotopic (exact) mass is 369 g/mol. The van der Waals surface area contributed by atoms with Crippen molar-refractivity contribution in [3.05, 3.63) is 29.3 Å². The second-order valence-electron chi connectivity index (χ2n) is 6.32. The van der Waals surface area contributed by atoms with Crippen molar-refractivity contribution in [3.8, 4) is 0 Å². The third-order valence-electron chi connectivity index (χ3n) is 4.65. The molecule has 1 aliphatic heterocycles. The summed E-state index contributed by atoms with van der Waals surface area (Å²) in [6.07, 6.45) is -1.38. The van der Waals surface area contributed by atoms with Crippen LogP contribution in [0.1, 0.15) is 48.0 Å². The Morgan fingerprint density at radius 2 is 1.85 bits per heavy atom. The number of alkyl halides is 3. The van der Waals surface area contributed by atoms with Gasteiger partial charge in [-0.25, -0.2) is 9.79 Å². The average Bonchev–Trinajstić information content (AvgIpc) is 2.53. The van der Waals surface area contributed by atoms with Gasteiger partial charge in [-0.3, -0.25) is 4.90 Å². The number of halogens is 3. The highest BCUT2D eigenvalue weighted by Gasteiger charge is 2.45. The van der Waals surface area contributed by atoms with Crippen molar-refractivity contribution in [1.82, 2.24) is 0 Å². The number of carboxylic acids is 1. The quantitative estimate of drug-likeness (QED) is 0.740. The van der Waals surface area contributed by atoms with E-state index in [2.05, 4.69) is 9.98 Å². The molecule has 0 saturated heterocycles. The van der Waals surface area contributed by atoms with Crippen LogP contribution in [-0.4, -0.2) is 28.7 Å². The minimum atomic E-state index is -4.83. The van der Waals surface area contributed by atoms with Gasteiger partial charge in [0.1, 0.15) is 5.66 Å². The smallest absolute Gasteiger partial charge is 0.417 e. The van der Waals surface area contributed by atoms with E-state index in [1.165, 1.54) is 11.0 Å². The number of hydrogen-bond acceptors (Lipinski definition) is 6. The number of guanidine groups is 2. The molecule has 2 aliphatic rings. The van der Waals surface area contributed by atoms with Gasteiger partial charge in [0.05, 0.1) is 16.8 Å². The Morgan fingerprint density at radius 3 is 2.42 bits per heavy atom. The number of hydrogen-bond donors (Lipinski definition) is 3. The first-order valence-corrected chi connectivity index (χ1v) is 8.09. The number of aromatic carboxylic acids is 1. The fraction of sp³-hybridized carbons (Fsp3) is 0.438. The standard InChI is InChI=1S/C16H18F3N5O2/c17-16(18,19)9-5-4-6-10(11(9)12(25)26)24-14(21)22-13(20)23-15(24)7-2-1-3-8-15/h4-6H,1-3,7-8H2,(H,25,26)(H4,20,21,22,23). The van der Waals surface area contributed by atoms with Crippen LogP contribution in [0.5, 0.6) is 0 Å². The van der Waals surface area contributed by atoms with Crippen molar-refractivity contribution >= 4 is 23.6 Å². The average molecular weight is 369 g/mol. The van der Waals surface area contributed by atoms with Gasteiger partial charge in [0.15, 0.2) is 0 Å². The Balaban J connectivity index is 2.24. The summed E-state index contributed by atoms with van der Waals surface area (Å²) in [5, 5.41) is 9.50. The zero-order valence-corrected chi connectivity index (χ0v) is 13.8. The number of nitrogens with two attached hydrogens (primary N) is 2. The summed E-state index contributed by atoms with van der Waals surface area (Å²) in [5.74, 6) is -1.93. The number of anilines is 1. The third kappa shape index (κ3) is 2.95. The second-order valence-corrected chi connectivity index (χ2v) is 6.32. The number of rotatable bonds is 2. The van der Waals surface area contributed by atoms with Crippen LogP contribution in [0, 0.1) is 0 Å². The van der Waals surface area contributed by atoms with E-state index in [1.54, 1.807) is 0 Å². The maximum absolute atomic E-state index is 13.4. The molecule has 0 bridgehead atoms. The molecule has 1 spiro atoms. The van der Waals surface area contributed by atoms with E-state index >= 15 is 0 Å². The van der Waals surface area contributed by atoms with Crippen LogP contribution in [-0.2, 0) is 6.18 Å². The Morgan fingerprint density at radius 1 is 1.19 bits per heavy atom. The van der Waals surface area contributed by atoms with Crippen molar-refractivity contribution in [2.24, 2.45) is 21.5 Å². The van der Waals surface area contributed by atoms with Crippen molar-refractivity contribution in [2.75, 3.05) is 4.90 Å². The first kappa shape index (κ1) is 18.0. The van der Waals surface area contributed by atoms with Gasteiger partial charge in [-0.1, -0.05) is 12.5 Å². The van der Waals surface area contributed by atoms with E-state index in [4.69, 9.17) is 11.5 Å². The maximum Gasteiger partial charge on any atom is 0.417 e. The molecule has 1 aromatic carbocycles. The zero-order chi connectivity index (χ0) is 19.1. The van der Waals surface area contributed by atoms with Crippen LogP contribution in [0.3, 0.4) is 0 Å². The van der Waals surface area contributed by atoms with Crippen molar-refractivity contribution in [2.45, 2.75) is 43.9 Å². The zero-order valence-electron chi connectivity index (χ0n) is 13.8. The first-order valence-electron chi connectivity index (χ1n) is 8.09. The lowest BCUT2D eigenvalue weighted by Gasteiger charge is -2.46. The third-order valence-corrected chi connectivity index (χ3v) is 4.65. The highest BCUT2D eigenvalue weighted by atomic mass is 19.4. The van der Waals surface area contributed by atoms with E-state index in [9.17, 15) is 23.1 Å². The van der Waals surface area contributed by atoms with E-state index < -0.39 is 28.9 Å². The van der Waals surface area contributed by atoms with Crippen LogP contribution in [0.4, 0.5) is 18.9 Å². The number of nitrogens with zero attached hydrogens (tertiary/aromatic N) is 3. The van der Waals surface area contributed by atoms with Crippen molar-refractivity contribution in [3.63, 3.8) is 0 Å². The van der Waals surface area contributed by atoms with Crippen molar-refractivity contribution < 1.29 is 23.1 Å². The number of carbonyl (C=O) groups is 1. The van der Waals surface area contributed by atoms with Crippen LogP contribution >= 0.6 is 0 Å². The van der Waals surface area contributed by atoms with Gasteiger partial charge in [0.25, 0.3) is 0 Å². The Hall–Kier alpha value is -2.78. The van der Waals surface area contributed by atoms with E-state index in [-0.39, 0.29) is 17.6 Å². The molecule has 7 nitrogen and oxygen atoms in total. The molecule has 0 radical (unpaired) electrons. The largest absolute Gasteiger partial charge is 0.478 e. The summed E-state index contributed by atoms with van der Waals surface area (Å²) in [6, 6.07) is 3.17. The molecule has 1 fully saturated rings. The highest BCUT2D eigenvalue weighted by molar-refractivity contribution is 6.09. The number of aliphatic imine (C=N–C) groups is 2. The molecule has 10 heteroatoms. The van der Waals surface area contributed by atoms with Gasteiger partial charge in [0, 0.05) is 0 Å². The molecule has 1 aromatic rings. The molecule has 1 heterocycles. The summed E-state index contributed by atoms with van der Waals surface area (Å²) < 4.78 is 40.1. The Kier molecular flexibility index (Phi) is 4.29. The minimum absolute atomic E-state index is 0.0653. The normalized spacial score (nSPS) is 19.9. The topological polar surface area (TPSA) is 117 Å². The summed E-state index contributed by atoms with van der Waals surface area (Å²) in [7, 11) is 0. The minimum Gasteiger partial charge on any atom is -0.478 e. The molecule has 0 atom stereocenters. The molecule has 0 unspecified atom stereocenters. The van der Waals surface area contributed by atoms with E-state index in [0.29, 0.717) is 12.8 Å². The molecule has 5 N–H and O–H groups in total. The Labute approximate surface area is 147 Å². The van der Waals surface area contributed by atoms with Crippen LogP contribution in [0.25, 0.3) is 0 Å². The lowest BCUT2D eigenvalue weighted by Crippen LogP contribution is -2.58.